The quantitative estimate of drug-likeness (QED) is 0.504. The summed E-state index contributed by atoms with van der Waals surface area (Å²) in [6.07, 6.45) is 3.32. The van der Waals surface area contributed by atoms with E-state index in [1.54, 1.807) is 19.1 Å². The molecule has 2 aromatic heterocycles. The van der Waals surface area contributed by atoms with Gasteiger partial charge in [-0.25, -0.2) is 8.42 Å². The van der Waals surface area contributed by atoms with Gasteiger partial charge in [-0.05, 0) is 56.2 Å². The van der Waals surface area contributed by atoms with Crippen molar-refractivity contribution in [3.05, 3.63) is 47.9 Å². The molecule has 1 saturated heterocycles. The number of rotatable bonds is 6. The molecule has 0 unspecified atom stereocenters. The highest BCUT2D eigenvalue weighted by Gasteiger charge is 2.31. The molecule has 2 fully saturated rings. The Morgan fingerprint density at radius 1 is 1.03 bits per heavy atom. The molecule has 0 bridgehead atoms. The second-order valence-electron chi connectivity index (χ2n) is 8.19. The van der Waals surface area contributed by atoms with Crippen molar-refractivity contribution in [2.75, 3.05) is 31.1 Å². The molecule has 2 aliphatic rings. The summed E-state index contributed by atoms with van der Waals surface area (Å²) in [5.41, 5.74) is 1.66. The summed E-state index contributed by atoms with van der Waals surface area (Å²) in [5, 5.41) is 8.25. The summed E-state index contributed by atoms with van der Waals surface area (Å²) in [5.74, 6) is 1.41. The molecule has 5 rings (SSSR count). The summed E-state index contributed by atoms with van der Waals surface area (Å²) in [7, 11) is -3.59. The Kier molecular flexibility index (Phi) is 5.60. The third-order valence-corrected chi connectivity index (χ3v) is 9.60. The third-order valence-electron chi connectivity index (χ3n) is 6.16. The van der Waals surface area contributed by atoms with Crippen LogP contribution in [0, 0.1) is 0 Å². The molecule has 0 N–H and O–H groups in total. The third kappa shape index (κ3) is 3.98. The van der Waals surface area contributed by atoms with Gasteiger partial charge in [0.05, 0.1) is 4.88 Å². The summed E-state index contributed by atoms with van der Waals surface area (Å²) < 4.78 is 33.9. The maximum atomic E-state index is 13.2. The number of nitrogens with zero attached hydrogens (tertiary/aromatic N) is 4. The smallest absolute Gasteiger partial charge is 0.257 e. The van der Waals surface area contributed by atoms with Crippen molar-refractivity contribution in [2.24, 2.45) is 0 Å². The largest absolute Gasteiger partial charge is 0.420 e. The molecule has 0 amide bonds. The van der Waals surface area contributed by atoms with Crippen molar-refractivity contribution in [1.29, 1.82) is 0 Å². The number of carbonyl (C=O) groups excluding carboxylic acids is 1. The van der Waals surface area contributed by atoms with Crippen LogP contribution in [0.3, 0.4) is 0 Å². The van der Waals surface area contributed by atoms with Crippen molar-refractivity contribution in [3.8, 4) is 10.8 Å². The molecule has 168 valence electrons. The zero-order valence-corrected chi connectivity index (χ0v) is 19.4. The molecule has 0 atom stereocenters. The van der Waals surface area contributed by atoms with Crippen LogP contribution in [0.1, 0.15) is 48.4 Å². The summed E-state index contributed by atoms with van der Waals surface area (Å²) in [4.78, 5) is 14.3. The summed E-state index contributed by atoms with van der Waals surface area (Å²) in [6, 6.07) is 10.8. The average Bonchev–Trinajstić information content (AvgIpc) is 3.43. The monoisotopic (exact) mass is 472 g/mol. The minimum absolute atomic E-state index is 0.0302. The zero-order valence-electron chi connectivity index (χ0n) is 17.7. The Hall–Kier alpha value is -2.56. The summed E-state index contributed by atoms with van der Waals surface area (Å²) in [6.45, 7) is 3.52. The van der Waals surface area contributed by atoms with Gasteiger partial charge in [-0.15, -0.1) is 21.5 Å². The lowest BCUT2D eigenvalue weighted by atomic mass is 9.85. The minimum Gasteiger partial charge on any atom is -0.420 e. The van der Waals surface area contributed by atoms with E-state index < -0.39 is 10.0 Å². The molecule has 1 aliphatic heterocycles. The first-order chi connectivity index (χ1) is 15.4. The van der Waals surface area contributed by atoms with Crippen LogP contribution in [0.5, 0.6) is 0 Å². The Labute approximate surface area is 190 Å². The summed E-state index contributed by atoms with van der Waals surface area (Å²) >= 11 is 1.17. The van der Waals surface area contributed by atoms with E-state index in [2.05, 4.69) is 15.1 Å². The predicted molar refractivity (Wildman–Crippen MR) is 122 cm³/mol. The molecule has 0 spiro atoms. The second kappa shape index (κ2) is 8.42. The highest BCUT2D eigenvalue weighted by Crippen LogP contribution is 2.38. The van der Waals surface area contributed by atoms with Gasteiger partial charge in [0.25, 0.3) is 15.9 Å². The molecule has 1 aliphatic carbocycles. The number of ketones is 1. The maximum Gasteiger partial charge on any atom is 0.257 e. The molecule has 3 heterocycles. The van der Waals surface area contributed by atoms with Gasteiger partial charge in [0.1, 0.15) is 4.21 Å². The van der Waals surface area contributed by atoms with E-state index in [1.807, 2.05) is 24.3 Å². The molecular weight excluding hydrogens is 448 g/mol. The average molecular weight is 473 g/mol. The first kappa shape index (κ1) is 21.3. The van der Waals surface area contributed by atoms with Crippen LogP contribution < -0.4 is 4.90 Å². The van der Waals surface area contributed by atoms with Gasteiger partial charge >= 0.3 is 0 Å². The Balaban J connectivity index is 1.25. The van der Waals surface area contributed by atoms with Crippen molar-refractivity contribution < 1.29 is 17.6 Å². The molecule has 1 aromatic carbocycles. The van der Waals surface area contributed by atoms with Gasteiger partial charge in [-0.1, -0.05) is 6.42 Å². The number of hydrogen-bond donors (Lipinski definition) is 0. The number of anilines is 1. The number of Topliss-reactive ketones (excluding diaryl/α,β-unsaturated/α-hetero) is 1. The van der Waals surface area contributed by atoms with E-state index in [1.165, 1.54) is 22.1 Å². The van der Waals surface area contributed by atoms with E-state index in [0.717, 1.165) is 18.5 Å². The molecule has 10 heteroatoms. The number of thiophene rings is 1. The first-order valence-electron chi connectivity index (χ1n) is 10.7. The lowest BCUT2D eigenvalue weighted by molar-refractivity contribution is 0.101. The van der Waals surface area contributed by atoms with Crippen molar-refractivity contribution in [1.82, 2.24) is 14.5 Å². The lowest BCUT2D eigenvalue weighted by Crippen LogP contribution is -2.48. The molecular formula is C22H24N4O4S2. The van der Waals surface area contributed by atoms with Crippen LogP contribution in [0.15, 0.2) is 45.0 Å². The van der Waals surface area contributed by atoms with Gasteiger partial charge in [-0.2, -0.15) is 4.31 Å². The number of piperazine rings is 1. The maximum absolute atomic E-state index is 13.2. The fraction of sp³-hybridized carbons (Fsp3) is 0.409. The standard InChI is InChI=1S/C22H24N4O4S2/c1-15(27)16-5-7-18(8-6-16)25-11-13-26(14-12-25)32(28,29)20-10-9-19(31-20)22-24-23-21(30-22)17-3-2-4-17/h5-10,17H,2-4,11-14H2,1H3. The fourth-order valence-corrected chi connectivity index (χ4v) is 6.75. The Morgan fingerprint density at radius 3 is 2.38 bits per heavy atom. The van der Waals surface area contributed by atoms with Crippen molar-refractivity contribution >= 4 is 32.8 Å². The first-order valence-corrected chi connectivity index (χ1v) is 13.0. The van der Waals surface area contributed by atoms with Crippen molar-refractivity contribution in [3.63, 3.8) is 0 Å². The lowest BCUT2D eigenvalue weighted by Gasteiger charge is -2.35. The van der Waals surface area contributed by atoms with Crippen LogP contribution in [-0.2, 0) is 10.0 Å². The van der Waals surface area contributed by atoms with Gasteiger partial charge in [0.15, 0.2) is 5.78 Å². The minimum atomic E-state index is -3.59. The molecule has 32 heavy (non-hydrogen) atoms. The van der Waals surface area contributed by atoms with E-state index in [4.69, 9.17) is 4.42 Å². The van der Waals surface area contributed by atoms with Gasteiger partial charge in [0, 0.05) is 43.3 Å². The van der Waals surface area contributed by atoms with Crippen LogP contribution in [0.2, 0.25) is 0 Å². The van der Waals surface area contributed by atoms with Gasteiger partial charge < -0.3 is 9.32 Å². The molecule has 8 nitrogen and oxygen atoms in total. The topological polar surface area (TPSA) is 96.6 Å². The Morgan fingerprint density at radius 2 is 1.75 bits per heavy atom. The van der Waals surface area contributed by atoms with Gasteiger partial charge in [0.2, 0.25) is 5.89 Å². The van der Waals surface area contributed by atoms with Crippen LogP contribution in [0.25, 0.3) is 10.8 Å². The number of sulfonamides is 1. The Bertz CT molecular complexity index is 1220. The fourth-order valence-electron chi connectivity index (χ4n) is 3.95. The highest BCUT2D eigenvalue weighted by molar-refractivity contribution is 7.91. The number of aromatic nitrogens is 2. The van der Waals surface area contributed by atoms with Crippen LogP contribution in [0.4, 0.5) is 5.69 Å². The molecule has 1 saturated carbocycles. The van der Waals surface area contributed by atoms with E-state index in [9.17, 15) is 13.2 Å². The van der Waals surface area contributed by atoms with E-state index in [-0.39, 0.29) is 9.99 Å². The van der Waals surface area contributed by atoms with E-state index in [0.29, 0.717) is 54.3 Å². The molecule has 3 aromatic rings. The van der Waals surface area contributed by atoms with Crippen LogP contribution in [-0.4, -0.2) is 54.9 Å². The van der Waals surface area contributed by atoms with Gasteiger partial charge in [-0.3, -0.25) is 4.79 Å². The SMILES string of the molecule is CC(=O)c1ccc(N2CCN(S(=O)(=O)c3ccc(-c4nnc(C5CCC5)o4)s3)CC2)cc1. The highest BCUT2D eigenvalue weighted by atomic mass is 32.2. The number of carbonyl (C=O) groups is 1. The second-order valence-corrected chi connectivity index (χ2v) is 11.4. The normalized spacial score (nSPS) is 18.0. The number of benzene rings is 1. The van der Waals surface area contributed by atoms with Crippen LogP contribution >= 0.6 is 11.3 Å². The van der Waals surface area contributed by atoms with Crippen molar-refractivity contribution in [2.45, 2.75) is 36.3 Å². The zero-order chi connectivity index (χ0) is 22.3. The molecule has 0 radical (unpaired) electrons. The predicted octanol–water partition coefficient (Wildman–Crippen LogP) is 3.78. The number of hydrogen-bond acceptors (Lipinski definition) is 8. The van der Waals surface area contributed by atoms with E-state index >= 15 is 0 Å².